The van der Waals surface area contributed by atoms with E-state index in [-0.39, 0.29) is 0 Å². The molecule has 0 atom stereocenters. The van der Waals surface area contributed by atoms with Crippen LogP contribution in [0.4, 0.5) is 0 Å². The number of quaternary nitrogens is 1. The summed E-state index contributed by atoms with van der Waals surface area (Å²) in [7, 11) is 0. The van der Waals surface area contributed by atoms with Crippen LogP contribution < -0.4 is 10.5 Å². The highest BCUT2D eigenvalue weighted by molar-refractivity contribution is 5.74. The van der Waals surface area contributed by atoms with Gasteiger partial charge in [-0.3, -0.25) is 4.79 Å². The molecule has 0 radical (unpaired) electrons. The molecule has 0 amide bonds. The van der Waals surface area contributed by atoms with Crippen LogP contribution >= 0.6 is 0 Å². The second-order valence-electron chi connectivity index (χ2n) is 3.61. The van der Waals surface area contributed by atoms with Crippen LogP contribution in [-0.2, 0) is 9.47 Å². The van der Waals surface area contributed by atoms with Gasteiger partial charge in [0, 0.05) is 5.56 Å². The highest BCUT2D eigenvalue weighted by Crippen LogP contribution is 2.10. The van der Waals surface area contributed by atoms with Gasteiger partial charge in [-0.05, 0) is 24.3 Å². The molecule has 1 aromatic carbocycles. The molecule has 1 rings (SSSR count). The van der Waals surface area contributed by atoms with Gasteiger partial charge in [0.2, 0.25) is 0 Å². The molecular formula is C13H20NO4+. The first kappa shape index (κ1) is 14.6. The van der Waals surface area contributed by atoms with E-state index in [1.807, 2.05) is 0 Å². The maximum absolute atomic E-state index is 10.4. The Morgan fingerprint density at radius 2 is 1.56 bits per heavy atom. The molecule has 0 saturated heterocycles. The normalized spacial score (nSPS) is 10.3. The largest absolute Gasteiger partial charge is 0.491 e. The lowest BCUT2D eigenvalue weighted by atomic mass is 10.2. The number of rotatable bonds is 10. The fourth-order valence-electron chi connectivity index (χ4n) is 1.29. The monoisotopic (exact) mass is 254 g/mol. The molecular weight excluding hydrogens is 234 g/mol. The molecule has 3 N–H and O–H groups in total. The summed E-state index contributed by atoms with van der Waals surface area (Å²) in [4.78, 5) is 10.4. The Morgan fingerprint density at radius 1 is 0.944 bits per heavy atom. The van der Waals surface area contributed by atoms with Gasteiger partial charge >= 0.3 is 0 Å². The van der Waals surface area contributed by atoms with E-state index < -0.39 is 0 Å². The summed E-state index contributed by atoms with van der Waals surface area (Å²) < 4.78 is 16.0. The average Bonchev–Trinajstić information content (AvgIpc) is 2.42. The maximum atomic E-state index is 10.4. The first-order valence-electron chi connectivity index (χ1n) is 5.99. The SMILES string of the molecule is [NH3+]CCOCCOCCOc1ccc(C=O)cc1. The number of ether oxygens (including phenoxy) is 3. The van der Waals surface area contributed by atoms with Crippen molar-refractivity contribution in [2.45, 2.75) is 0 Å². The van der Waals surface area contributed by atoms with E-state index >= 15 is 0 Å². The van der Waals surface area contributed by atoms with Crippen molar-refractivity contribution in [1.82, 2.24) is 0 Å². The minimum atomic E-state index is 0.482. The second kappa shape index (κ2) is 9.58. The third-order valence-corrected chi connectivity index (χ3v) is 2.17. The lowest BCUT2D eigenvalue weighted by molar-refractivity contribution is -0.374. The van der Waals surface area contributed by atoms with Crippen molar-refractivity contribution >= 4 is 6.29 Å². The Morgan fingerprint density at radius 3 is 2.17 bits per heavy atom. The third kappa shape index (κ3) is 6.34. The van der Waals surface area contributed by atoms with Gasteiger partial charge in [0.1, 0.15) is 18.6 Å². The Kier molecular flexibility index (Phi) is 7.79. The van der Waals surface area contributed by atoms with Crippen LogP contribution in [-0.4, -0.2) is 45.9 Å². The zero-order valence-corrected chi connectivity index (χ0v) is 10.5. The lowest BCUT2D eigenvalue weighted by Gasteiger charge is -2.07. The van der Waals surface area contributed by atoms with Gasteiger partial charge < -0.3 is 19.9 Å². The molecule has 0 aliphatic rings. The fourth-order valence-corrected chi connectivity index (χ4v) is 1.29. The Hall–Kier alpha value is -1.43. The van der Waals surface area contributed by atoms with Crippen LogP contribution in [0, 0.1) is 0 Å². The molecule has 100 valence electrons. The molecule has 0 bridgehead atoms. The van der Waals surface area contributed by atoms with Gasteiger partial charge in [-0.2, -0.15) is 0 Å². The molecule has 1 aromatic rings. The number of carbonyl (C=O) groups is 1. The van der Waals surface area contributed by atoms with E-state index in [1.54, 1.807) is 24.3 Å². The highest BCUT2D eigenvalue weighted by Gasteiger charge is 1.95. The number of hydrogen-bond acceptors (Lipinski definition) is 4. The van der Waals surface area contributed by atoms with Crippen molar-refractivity contribution in [3.63, 3.8) is 0 Å². The molecule has 0 aromatic heterocycles. The number of hydrogen-bond donors (Lipinski definition) is 1. The molecule has 5 nitrogen and oxygen atoms in total. The summed E-state index contributed by atoms with van der Waals surface area (Å²) in [5.74, 6) is 0.734. The van der Waals surface area contributed by atoms with E-state index in [1.165, 1.54) is 0 Å². The van der Waals surface area contributed by atoms with Crippen LogP contribution in [0.5, 0.6) is 5.75 Å². The van der Waals surface area contributed by atoms with Crippen LogP contribution in [0.15, 0.2) is 24.3 Å². The van der Waals surface area contributed by atoms with E-state index in [0.29, 0.717) is 38.6 Å². The summed E-state index contributed by atoms with van der Waals surface area (Å²) in [6, 6.07) is 6.97. The quantitative estimate of drug-likeness (QED) is 0.476. The predicted molar refractivity (Wildman–Crippen MR) is 66.7 cm³/mol. The van der Waals surface area contributed by atoms with Gasteiger partial charge in [0.25, 0.3) is 0 Å². The smallest absolute Gasteiger partial charge is 0.150 e. The third-order valence-electron chi connectivity index (χ3n) is 2.17. The first-order chi connectivity index (χ1) is 8.86. The van der Waals surface area contributed by atoms with Crippen molar-refractivity contribution in [2.75, 3.05) is 39.6 Å². The topological polar surface area (TPSA) is 72.4 Å². The number of carbonyl (C=O) groups excluding carboxylic acids is 1. The summed E-state index contributed by atoms with van der Waals surface area (Å²) in [6.45, 7) is 3.60. The van der Waals surface area contributed by atoms with Gasteiger partial charge in [-0.15, -0.1) is 0 Å². The Bertz CT molecular complexity index is 326. The van der Waals surface area contributed by atoms with Crippen LogP contribution in [0.2, 0.25) is 0 Å². The molecule has 18 heavy (non-hydrogen) atoms. The molecule has 5 heteroatoms. The minimum Gasteiger partial charge on any atom is -0.491 e. The Balaban J connectivity index is 2.01. The molecule has 0 spiro atoms. The van der Waals surface area contributed by atoms with Gasteiger partial charge in [-0.25, -0.2) is 0 Å². The minimum absolute atomic E-state index is 0.482. The van der Waals surface area contributed by atoms with Crippen molar-refractivity contribution in [3.8, 4) is 5.75 Å². The Labute approximate surface area is 107 Å². The van der Waals surface area contributed by atoms with Crippen LogP contribution in [0.3, 0.4) is 0 Å². The molecule has 0 unspecified atom stereocenters. The number of benzene rings is 1. The highest BCUT2D eigenvalue weighted by atomic mass is 16.5. The van der Waals surface area contributed by atoms with Crippen molar-refractivity contribution in [3.05, 3.63) is 29.8 Å². The fraction of sp³-hybridized carbons (Fsp3) is 0.462. The number of aldehydes is 1. The van der Waals surface area contributed by atoms with E-state index in [0.717, 1.165) is 18.6 Å². The molecule has 0 fully saturated rings. The molecule has 0 saturated carbocycles. The van der Waals surface area contributed by atoms with Crippen LogP contribution in [0.1, 0.15) is 10.4 Å². The van der Waals surface area contributed by atoms with Crippen molar-refractivity contribution in [2.24, 2.45) is 0 Å². The standard InChI is InChI=1S/C13H19NO4/c14-5-6-16-7-8-17-9-10-18-13-3-1-12(11-15)2-4-13/h1-4,11H,5-10,14H2/p+1. The average molecular weight is 254 g/mol. The first-order valence-corrected chi connectivity index (χ1v) is 5.99. The van der Waals surface area contributed by atoms with Crippen molar-refractivity contribution < 1.29 is 24.7 Å². The van der Waals surface area contributed by atoms with Gasteiger partial charge in [0.05, 0.1) is 33.0 Å². The molecule has 0 aliphatic heterocycles. The van der Waals surface area contributed by atoms with Gasteiger partial charge in [-0.1, -0.05) is 0 Å². The lowest BCUT2D eigenvalue weighted by Crippen LogP contribution is -2.52. The van der Waals surface area contributed by atoms with Gasteiger partial charge in [0.15, 0.2) is 0 Å². The zero-order chi connectivity index (χ0) is 13.1. The summed E-state index contributed by atoms with van der Waals surface area (Å²) >= 11 is 0. The van der Waals surface area contributed by atoms with E-state index in [4.69, 9.17) is 14.2 Å². The predicted octanol–water partition coefficient (Wildman–Crippen LogP) is 0.153. The summed E-state index contributed by atoms with van der Waals surface area (Å²) in [5.41, 5.74) is 4.31. The van der Waals surface area contributed by atoms with E-state index in [9.17, 15) is 4.79 Å². The van der Waals surface area contributed by atoms with E-state index in [2.05, 4.69) is 5.73 Å². The second-order valence-corrected chi connectivity index (χ2v) is 3.61. The molecule has 0 heterocycles. The summed E-state index contributed by atoms with van der Waals surface area (Å²) in [5, 5.41) is 0. The molecule has 0 aliphatic carbocycles. The zero-order valence-electron chi connectivity index (χ0n) is 10.5. The maximum Gasteiger partial charge on any atom is 0.150 e. The van der Waals surface area contributed by atoms with Crippen LogP contribution in [0.25, 0.3) is 0 Å². The van der Waals surface area contributed by atoms with Crippen molar-refractivity contribution in [1.29, 1.82) is 0 Å². The summed E-state index contributed by atoms with van der Waals surface area (Å²) in [6.07, 6.45) is 0.804.